The van der Waals surface area contributed by atoms with Crippen molar-refractivity contribution < 1.29 is 18.7 Å². The maximum absolute atomic E-state index is 13.4. The van der Waals surface area contributed by atoms with Gasteiger partial charge in [0.25, 0.3) is 0 Å². The van der Waals surface area contributed by atoms with Crippen molar-refractivity contribution in [2.24, 2.45) is 0 Å². The number of carbonyl (C=O) groups is 1. The summed E-state index contributed by atoms with van der Waals surface area (Å²) in [7, 11) is 1.59. The second-order valence-corrected chi connectivity index (χ2v) is 6.97. The maximum Gasteiger partial charge on any atom is 0.226 e. The maximum atomic E-state index is 13.4. The van der Waals surface area contributed by atoms with Crippen LogP contribution in [0.25, 0.3) is 5.69 Å². The number of benzene rings is 2. The first-order valence-electron chi connectivity index (χ1n) is 9.83. The van der Waals surface area contributed by atoms with E-state index in [1.54, 1.807) is 23.9 Å². The molecule has 1 amide bonds. The van der Waals surface area contributed by atoms with Crippen LogP contribution in [0, 0.1) is 19.7 Å². The molecule has 158 valence electrons. The average molecular weight is 411 g/mol. The molecular formula is C23H26FN3O3. The van der Waals surface area contributed by atoms with Crippen LogP contribution < -0.4 is 10.1 Å². The number of ether oxygens (including phenoxy) is 2. The van der Waals surface area contributed by atoms with E-state index in [1.165, 1.54) is 12.1 Å². The molecule has 0 bridgehead atoms. The standard InChI is InChI=1S/C23H26FN3O3/c1-16-6-4-5-7-21(16)30-23-20(12-13-22(28)25-14-15-29-3)17(2)26-27(23)19-10-8-18(24)9-11-19/h4-11H,12-15H2,1-3H3,(H,25,28). The number of para-hydroxylation sites is 1. The van der Waals surface area contributed by atoms with Crippen LogP contribution in [0.5, 0.6) is 11.6 Å². The highest BCUT2D eigenvalue weighted by Gasteiger charge is 2.20. The van der Waals surface area contributed by atoms with E-state index in [4.69, 9.17) is 9.47 Å². The number of aromatic nitrogens is 2. The van der Waals surface area contributed by atoms with Gasteiger partial charge in [0.15, 0.2) is 0 Å². The second-order valence-electron chi connectivity index (χ2n) is 6.97. The van der Waals surface area contributed by atoms with Crippen molar-refractivity contribution in [1.29, 1.82) is 0 Å². The minimum Gasteiger partial charge on any atom is -0.438 e. The van der Waals surface area contributed by atoms with Crippen LogP contribution in [0.15, 0.2) is 48.5 Å². The summed E-state index contributed by atoms with van der Waals surface area (Å²) in [6, 6.07) is 13.7. The number of nitrogens with one attached hydrogen (secondary N) is 1. The number of amides is 1. The first-order valence-corrected chi connectivity index (χ1v) is 9.83. The quantitative estimate of drug-likeness (QED) is 0.538. The summed E-state index contributed by atoms with van der Waals surface area (Å²) < 4.78 is 26.3. The smallest absolute Gasteiger partial charge is 0.226 e. The van der Waals surface area contributed by atoms with E-state index in [9.17, 15) is 9.18 Å². The average Bonchev–Trinajstić information content (AvgIpc) is 3.04. The highest BCUT2D eigenvalue weighted by Crippen LogP contribution is 2.32. The van der Waals surface area contributed by atoms with Crippen molar-refractivity contribution in [3.63, 3.8) is 0 Å². The number of hydrogen-bond donors (Lipinski definition) is 1. The third-order valence-corrected chi connectivity index (χ3v) is 4.74. The van der Waals surface area contributed by atoms with Gasteiger partial charge in [-0.15, -0.1) is 0 Å². The van der Waals surface area contributed by atoms with Crippen molar-refractivity contribution >= 4 is 5.91 Å². The van der Waals surface area contributed by atoms with Gasteiger partial charge in [0.05, 0.1) is 18.0 Å². The van der Waals surface area contributed by atoms with Gasteiger partial charge in [-0.1, -0.05) is 18.2 Å². The van der Waals surface area contributed by atoms with Crippen LogP contribution in [0.3, 0.4) is 0 Å². The van der Waals surface area contributed by atoms with Crippen LogP contribution in [-0.2, 0) is 16.0 Å². The largest absolute Gasteiger partial charge is 0.438 e. The molecule has 0 aliphatic heterocycles. The van der Waals surface area contributed by atoms with E-state index in [0.717, 1.165) is 16.8 Å². The van der Waals surface area contributed by atoms with Gasteiger partial charge in [-0.3, -0.25) is 4.79 Å². The molecule has 1 heterocycles. The summed E-state index contributed by atoms with van der Waals surface area (Å²) in [4.78, 5) is 12.2. The number of carbonyl (C=O) groups excluding carboxylic acids is 1. The second kappa shape index (κ2) is 10.0. The molecule has 1 aromatic heterocycles. The van der Waals surface area contributed by atoms with Gasteiger partial charge in [0, 0.05) is 25.6 Å². The minimum atomic E-state index is -0.322. The number of aryl methyl sites for hydroxylation is 2. The molecular weight excluding hydrogens is 385 g/mol. The third kappa shape index (κ3) is 5.24. The van der Waals surface area contributed by atoms with E-state index in [2.05, 4.69) is 10.4 Å². The van der Waals surface area contributed by atoms with E-state index < -0.39 is 0 Å². The zero-order valence-corrected chi connectivity index (χ0v) is 17.4. The van der Waals surface area contributed by atoms with Gasteiger partial charge in [-0.05, 0) is 56.2 Å². The lowest BCUT2D eigenvalue weighted by Gasteiger charge is -2.13. The van der Waals surface area contributed by atoms with Crippen molar-refractivity contribution in [3.05, 3.63) is 71.2 Å². The number of hydrogen-bond acceptors (Lipinski definition) is 4. The zero-order chi connectivity index (χ0) is 21.5. The Morgan fingerprint density at radius 2 is 1.87 bits per heavy atom. The summed E-state index contributed by atoms with van der Waals surface area (Å²) >= 11 is 0. The number of halogens is 1. The van der Waals surface area contributed by atoms with Crippen molar-refractivity contribution in [2.75, 3.05) is 20.3 Å². The summed E-state index contributed by atoms with van der Waals surface area (Å²) in [5.41, 5.74) is 3.25. The van der Waals surface area contributed by atoms with Crippen LogP contribution in [-0.4, -0.2) is 35.9 Å². The summed E-state index contributed by atoms with van der Waals surface area (Å²) in [6.45, 7) is 4.78. The lowest BCUT2D eigenvalue weighted by molar-refractivity contribution is -0.121. The molecule has 0 atom stereocenters. The van der Waals surface area contributed by atoms with Crippen molar-refractivity contribution in [3.8, 4) is 17.3 Å². The molecule has 0 saturated carbocycles. The fraction of sp³-hybridized carbons (Fsp3) is 0.304. The van der Waals surface area contributed by atoms with Crippen LogP contribution >= 0.6 is 0 Å². The van der Waals surface area contributed by atoms with Crippen molar-refractivity contribution in [1.82, 2.24) is 15.1 Å². The minimum absolute atomic E-state index is 0.0668. The van der Waals surface area contributed by atoms with Gasteiger partial charge in [0.2, 0.25) is 11.8 Å². The molecule has 3 rings (SSSR count). The molecule has 0 aliphatic carbocycles. The molecule has 0 radical (unpaired) electrons. The van der Waals surface area contributed by atoms with Gasteiger partial charge in [-0.25, -0.2) is 9.07 Å². The Morgan fingerprint density at radius 1 is 1.13 bits per heavy atom. The highest BCUT2D eigenvalue weighted by atomic mass is 19.1. The number of rotatable bonds is 9. The molecule has 0 aliphatic rings. The number of methoxy groups -OCH3 is 1. The molecule has 30 heavy (non-hydrogen) atoms. The molecule has 0 unspecified atom stereocenters. The Morgan fingerprint density at radius 3 is 2.57 bits per heavy atom. The van der Waals surface area contributed by atoms with Gasteiger partial charge < -0.3 is 14.8 Å². The Hall–Kier alpha value is -3.19. The molecule has 6 nitrogen and oxygen atoms in total. The number of nitrogens with zero attached hydrogens (tertiary/aromatic N) is 2. The Kier molecular flexibility index (Phi) is 7.19. The Bertz CT molecular complexity index is 999. The summed E-state index contributed by atoms with van der Waals surface area (Å²) in [6.07, 6.45) is 0.761. The SMILES string of the molecule is COCCNC(=O)CCc1c(C)nn(-c2ccc(F)cc2)c1Oc1ccccc1C. The lowest BCUT2D eigenvalue weighted by atomic mass is 10.1. The van der Waals surface area contributed by atoms with Crippen LogP contribution in [0.4, 0.5) is 4.39 Å². The molecule has 0 spiro atoms. The fourth-order valence-electron chi connectivity index (χ4n) is 3.08. The summed E-state index contributed by atoms with van der Waals surface area (Å²) in [5, 5.41) is 7.43. The van der Waals surface area contributed by atoms with E-state index >= 15 is 0 Å². The molecule has 0 fully saturated rings. The van der Waals surface area contributed by atoms with Crippen molar-refractivity contribution in [2.45, 2.75) is 26.7 Å². The predicted octanol–water partition coefficient (Wildman–Crippen LogP) is 4.12. The molecule has 3 aromatic rings. The normalized spacial score (nSPS) is 10.8. The van der Waals surface area contributed by atoms with Gasteiger partial charge in [0.1, 0.15) is 11.6 Å². The predicted molar refractivity (Wildman–Crippen MR) is 113 cm³/mol. The molecule has 1 N–H and O–H groups in total. The Balaban J connectivity index is 1.91. The van der Waals surface area contributed by atoms with Gasteiger partial charge in [-0.2, -0.15) is 5.10 Å². The first-order chi connectivity index (χ1) is 14.5. The molecule has 2 aromatic carbocycles. The topological polar surface area (TPSA) is 65.4 Å². The van der Waals surface area contributed by atoms with Crippen LogP contribution in [0.1, 0.15) is 23.2 Å². The van der Waals surface area contributed by atoms with Gasteiger partial charge >= 0.3 is 0 Å². The lowest BCUT2D eigenvalue weighted by Crippen LogP contribution is -2.27. The molecule has 0 saturated heterocycles. The van der Waals surface area contributed by atoms with E-state index in [0.29, 0.717) is 43.3 Å². The monoisotopic (exact) mass is 411 g/mol. The van der Waals surface area contributed by atoms with E-state index in [-0.39, 0.29) is 11.7 Å². The molecule has 7 heteroatoms. The first kappa shape index (κ1) is 21.5. The fourth-order valence-corrected chi connectivity index (χ4v) is 3.08. The zero-order valence-electron chi connectivity index (χ0n) is 17.4. The third-order valence-electron chi connectivity index (χ3n) is 4.74. The Labute approximate surface area is 175 Å². The van der Waals surface area contributed by atoms with E-state index in [1.807, 2.05) is 38.1 Å². The highest BCUT2D eigenvalue weighted by molar-refractivity contribution is 5.76. The van der Waals surface area contributed by atoms with Crippen LogP contribution in [0.2, 0.25) is 0 Å². The summed E-state index contributed by atoms with van der Waals surface area (Å²) in [5.74, 6) is 0.837.